The zero-order valence-corrected chi connectivity index (χ0v) is 14.7. The maximum absolute atomic E-state index is 3.92. The van der Waals surface area contributed by atoms with Crippen molar-refractivity contribution in [3.63, 3.8) is 0 Å². The summed E-state index contributed by atoms with van der Waals surface area (Å²) in [7, 11) is 0. The highest BCUT2D eigenvalue weighted by molar-refractivity contribution is 7.99. The van der Waals surface area contributed by atoms with Gasteiger partial charge in [0, 0.05) is 6.04 Å². The number of rotatable bonds is 6. The van der Waals surface area contributed by atoms with Crippen LogP contribution >= 0.6 is 11.8 Å². The van der Waals surface area contributed by atoms with Gasteiger partial charge in [-0.25, -0.2) is 0 Å². The summed E-state index contributed by atoms with van der Waals surface area (Å²) in [4.78, 5) is 0. The van der Waals surface area contributed by atoms with E-state index in [0.29, 0.717) is 0 Å². The van der Waals surface area contributed by atoms with Crippen LogP contribution in [-0.4, -0.2) is 24.1 Å². The molecule has 2 fully saturated rings. The van der Waals surface area contributed by atoms with E-state index in [4.69, 9.17) is 0 Å². The summed E-state index contributed by atoms with van der Waals surface area (Å²) in [6.45, 7) is 8.45. The summed E-state index contributed by atoms with van der Waals surface area (Å²) in [5, 5.41) is 3.92. The van der Waals surface area contributed by atoms with Gasteiger partial charge in [-0.1, -0.05) is 20.8 Å². The average Bonchev–Trinajstić information content (AvgIpc) is 2.43. The molecule has 3 unspecified atom stereocenters. The Hall–Kier alpha value is 0.310. The smallest absolute Gasteiger partial charge is 0.00981 e. The minimum atomic E-state index is 0.799. The van der Waals surface area contributed by atoms with Gasteiger partial charge in [-0.15, -0.1) is 0 Å². The predicted octanol–water partition coefficient (Wildman–Crippen LogP) is 4.96. The third-order valence-electron chi connectivity index (χ3n) is 5.37. The Labute approximate surface area is 131 Å². The Kier molecular flexibility index (Phi) is 7.24. The summed E-state index contributed by atoms with van der Waals surface area (Å²) in [5.41, 5.74) is 0. The lowest BCUT2D eigenvalue weighted by Gasteiger charge is -2.39. The van der Waals surface area contributed by atoms with Crippen molar-refractivity contribution in [2.24, 2.45) is 23.7 Å². The molecule has 1 heterocycles. The van der Waals surface area contributed by atoms with E-state index in [1.807, 2.05) is 0 Å². The van der Waals surface area contributed by atoms with Crippen LogP contribution in [0.4, 0.5) is 0 Å². The van der Waals surface area contributed by atoms with E-state index in [0.717, 1.165) is 29.7 Å². The summed E-state index contributed by atoms with van der Waals surface area (Å²) >= 11 is 2.16. The first-order valence-corrected chi connectivity index (χ1v) is 10.2. The molecular formula is C18H35NS. The molecule has 1 nitrogen and oxygen atoms in total. The zero-order valence-electron chi connectivity index (χ0n) is 13.9. The van der Waals surface area contributed by atoms with Crippen molar-refractivity contribution in [1.82, 2.24) is 5.32 Å². The minimum absolute atomic E-state index is 0.799. The summed E-state index contributed by atoms with van der Waals surface area (Å²) in [6, 6.07) is 0.799. The normalized spacial score (nSPS) is 34.0. The summed E-state index contributed by atoms with van der Waals surface area (Å²) in [6.07, 6.45) is 10.0. The lowest BCUT2D eigenvalue weighted by molar-refractivity contribution is 0.158. The molecule has 0 aromatic carbocycles. The molecule has 2 rings (SSSR count). The van der Waals surface area contributed by atoms with Crippen LogP contribution in [0.2, 0.25) is 0 Å². The predicted molar refractivity (Wildman–Crippen MR) is 92.4 cm³/mol. The second-order valence-electron chi connectivity index (χ2n) is 7.53. The minimum Gasteiger partial charge on any atom is -0.314 e. The molecule has 2 aliphatic rings. The Morgan fingerprint density at radius 2 is 1.70 bits per heavy atom. The van der Waals surface area contributed by atoms with E-state index in [1.165, 1.54) is 63.0 Å². The van der Waals surface area contributed by atoms with E-state index in [9.17, 15) is 0 Å². The molecule has 3 atom stereocenters. The molecule has 2 heteroatoms. The van der Waals surface area contributed by atoms with Gasteiger partial charge in [-0.3, -0.25) is 0 Å². The quantitative estimate of drug-likeness (QED) is 0.743. The van der Waals surface area contributed by atoms with Crippen LogP contribution < -0.4 is 5.32 Å². The lowest BCUT2D eigenvalue weighted by Crippen LogP contribution is -2.41. The van der Waals surface area contributed by atoms with E-state index < -0.39 is 0 Å². The largest absolute Gasteiger partial charge is 0.314 e. The Bertz CT molecular complexity index is 252. The molecule has 1 N–H and O–H groups in total. The van der Waals surface area contributed by atoms with Crippen LogP contribution in [0, 0.1) is 23.7 Å². The highest BCUT2D eigenvalue weighted by Gasteiger charge is 2.31. The van der Waals surface area contributed by atoms with E-state index in [-0.39, 0.29) is 0 Å². The zero-order chi connectivity index (χ0) is 14.4. The van der Waals surface area contributed by atoms with Gasteiger partial charge in [0.2, 0.25) is 0 Å². The maximum Gasteiger partial charge on any atom is 0.00981 e. The van der Waals surface area contributed by atoms with Crippen molar-refractivity contribution in [1.29, 1.82) is 0 Å². The van der Waals surface area contributed by atoms with Crippen LogP contribution in [0.15, 0.2) is 0 Å². The van der Waals surface area contributed by atoms with Gasteiger partial charge < -0.3 is 5.32 Å². The van der Waals surface area contributed by atoms with E-state index in [2.05, 4.69) is 37.8 Å². The molecule has 0 aromatic rings. The molecule has 0 spiro atoms. The SMILES string of the molecule is CCCNC(CC1CCSCC1)C1CC(C)CC(C)C1. The lowest BCUT2D eigenvalue weighted by atomic mass is 9.72. The second-order valence-corrected chi connectivity index (χ2v) is 8.75. The molecule has 1 saturated carbocycles. The van der Waals surface area contributed by atoms with Crippen LogP contribution in [0.1, 0.15) is 65.7 Å². The molecule has 0 amide bonds. The van der Waals surface area contributed by atoms with Gasteiger partial charge >= 0.3 is 0 Å². The Morgan fingerprint density at radius 3 is 2.30 bits per heavy atom. The second kappa shape index (κ2) is 8.68. The molecule has 1 saturated heterocycles. The van der Waals surface area contributed by atoms with Crippen molar-refractivity contribution >= 4 is 11.8 Å². The first-order chi connectivity index (χ1) is 9.69. The Morgan fingerprint density at radius 1 is 1.05 bits per heavy atom. The topological polar surface area (TPSA) is 12.0 Å². The number of hydrogen-bond acceptors (Lipinski definition) is 2. The molecule has 0 bridgehead atoms. The van der Waals surface area contributed by atoms with Gasteiger partial charge in [0.25, 0.3) is 0 Å². The maximum atomic E-state index is 3.92. The number of hydrogen-bond donors (Lipinski definition) is 1. The van der Waals surface area contributed by atoms with Crippen LogP contribution in [0.25, 0.3) is 0 Å². The monoisotopic (exact) mass is 297 g/mol. The van der Waals surface area contributed by atoms with Crippen molar-refractivity contribution < 1.29 is 0 Å². The molecule has 118 valence electrons. The summed E-state index contributed by atoms with van der Waals surface area (Å²) in [5.74, 6) is 6.63. The first-order valence-electron chi connectivity index (χ1n) is 9.00. The molecule has 0 aromatic heterocycles. The van der Waals surface area contributed by atoms with E-state index in [1.54, 1.807) is 0 Å². The summed E-state index contributed by atoms with van der Waals surface area (Å²) < 4.78 is 0. The fourth-order valence-electron chi connectivity index (χ4n) is 4.45. The van der Waals surface area contributed by atoms with Gasteiger partial charge in [0.1, 0.15) is 0 Å². The first kappa shape index (κ1) is 16.7. The molecule has 1 aliphatic heterocycles. The fraction of sp³-hybridized carbons (Fsp3) is 1.00. The van der Waals surface area contributed by atoms with Crippen molar-refractivity contribution in [2.45, 2.75) is 71.8 Å². The molecular weight excluding hydrogens is 262 g/mol. The van der Waals surface area contributed by atoms with Crippen molar-refractivity contribution in [3.8, 4) is 0 Å². The van der Waals surface area contributed by atoms with Crippen molar-refractivity contribution in [3.05, 3.63) is 0 Å². The molecule has 1 aliphatic carbocycles. The Balaban J connectivity index is 1.90. The van der Waals surface area contributed by atoms with Gasteiger partial charge in [0.05, 0.1) is 0 Å². The average molecular weight is 298 g/mol. The third-order valence-corrected chi connectivity index (χ3v) is 6.42. The van der Waals surface area contributed by atoms with Crippen LogP contribution in [-0.2, 0) is 0 Å². The standard InChI is InChI=1S/C18H35NS/c1-4-7-19-18(13-16-5-8-20-9-6-16)17-11-14(2)10-15(3)12-17/h14-19H,4-13H2,1-3H3. The fourth-order valence-corrected chi connectivity index (χ4v) is 5.66. The number of thioether (sulfide) groups is 1. The van der Waals surface area contributed by atoms with Crippen molar-refractivity contribution in [2.75, 3.05) is 18.1 Å². The molecule has 0 radical (unpaired) electrons. The molecule has 20 heavy (non-hydrogen) atoms. The third kappa shape index (κ3) is 5.26. The highest BCUT2D eigenvalue weighted by atomic mass is 32.2. The van der Waals surface area contributed by atoms with Gasteiger partial charge in [0.15, 0.2) is 0 Å². The van der Waals surface area contributed by atoms with Gasteiger partial charge in [-0.2, -0.15) is 11.8 Å². The number of nitrogens with one attached hydrogen (secondary N) is 1. The van der Waals surface area contributed by atoms with Gasteiger partial charge in [-0.05, 0) is 86.7 Å². The highest BCUT2D eigenvalue weighted by Crippen LogP contribution is 2.37. The van der Waals surface area contributed by atoms with Crippen LogP contribution in [0.3, 0.4) is 0 Å². The van der Waals surface area contributed by atoms with Crippen LogP contribution in [0.5, 0.6) is 0 Å². The van der Waals surface area contributed by atoms with E-state index >= 15 is 0 Å².